The molecule has 0 radical (unpaired) electrons. The van der Waals surface area contributed by atoms with Crippen molar-refractivity contribution < 1.29 is 4.74 Å². The summed E-state index contributed by atoms with van der Waals surface area (Å²) in [5, 5.41) is 4.41. The van der Waals surface area contributed by atoms with E-state index in [9.17, 15) is 0 Å². The first kappa shape index (κ1) is 12.1. The maximum atomic E-state index is 5.90. The molecule has 0 amide bonds. The van der Waals surface area contributed by atoms with E-state index in [1.165, 1.54) is 6.33 Å². The van der Waals surface area contributed by atoms with Gasteiger partial charge in [-0.05, 0) is 19.3 Å². The van der Waals surface area contributed by atoms with E-state index in [0.29, 0.717) is 22.7 Å². The second-order valence-corrected chi connectivity index (χ2v) is 4.83. The van der Waals surface area contributed by atoms with Crippen LogP contribution in [0.5, 0.6) is 5.88 Å². The highest BCUT2D eigenvalue weighted by Gasteiger charge is 2.12. The van der Waals surface area contributed by atoms with Crippen molar-refractivity contribution in [1.82, 2.24) is 19.6 Å². The van der Waals surface area contributed by atoms with Gasteiger partial charge in [-0.1, -0.05) is 25.4 Å². The Balaban J connectivity index is 2.25. The van der Waals surface area contributed by atoms with Crippen molar-refractivity contribution in [3.63, 3.8) is 0 Å². The highest BCUT2D eigenvalue weighted by molar-refractivity contribution is 6.29. The standard InChI is InChI=1S/C11H15ClN4O/c1-7(2)4-8(3)17-10-5-9(12)15-11-13-6-14-16(10)11/h5-8H,4H2,1-3H3. The van der Waals surface area contributed by atoms with Crippen molar-refractivity contribution in [2.45, 2.75) is 33.3 Å². The van der Waals surface area contributed by atoms with Crippen molar-refractivity contribution in [3.8, 4) is 5.88 Å². The zero-order valence-electron chi connectivity index (χ0n) is 10.1. The van der Waals surface area contributed by atoms with Gasteiger partial charge in [-0.2, -0.15) is 19.6 Å². The van der Waals surface area contributed by atoms with E-state index in [2.05, 4.69) is 28.9 Å². The lowest BCUT2D eigenvalue weighted by atomic mass is 10.1. The molecule has 6 heteroatoms. The van der Waals surface area contributed by atoms with Gasteiger partial charge in [0.05, 0.1) is 6.10 Å². The molecule has 1 unspecified atom stereocenters. The predicted molar refractivity (Wildman–Crippen MR) is 65.3 cm³/mol. The number of rotatable bonds is 4. The first-order valence-corrected chi connectivity index (χ1v) is 5.97. The lowest BCUT2D eigenvalue weighted by molar-refractivity contribution is 0.181. The van der Waals surface area contributed by atoms with Gasteiger partial charge in [0, 0.05) is 6.07 Å². The molecular formula is C11H15ClN4O. The third kappa shape index (κ3) is 2.85. The molecule has 0 aliphatic rings. The fraction of sp³-hybridized carbons (Fsp3) is 0.545. The summed E-state index contributed by atoms with van der Waals surface area (Å²) in [7, 11) is 0. The molecule has 2 rings (SSSR count). The van der Waals surface area contributed by atoms with Gasteiger partial charge in [-0.25, -0.2) is 0 Å². The number of hydrogen-bond acceptors (Lipinski definition) is 4. The molecule has 0 aromatic carbocycles. The molecule has 0 bridgehead atoms. The molecule has 0 spiro atoms. The Morgan fingerprint density at radius 2 is 2.18 bits per heavy atom. The van der Waals surface area contributed by atoms with E-state index in [4.69, 9.17) is 16.3 Å². The van der Waals surface area contributed by atoms with Gasteiger partial charge in [-0.3, -0.25) is 0 Å². The third-order valence-corrected chi connectivity index (χ3v) is 2.51. The van der Waals surface area contributed by atoms with Crippen LogP contribution >= 0.6 is 11.6 Å². The smallest absolute Gasteiger partial charge is 0.256 e. The summed E-state index contributed by atoms with van der Waals surface area (Å²) in [5.41, 5.74) is 0. The van der Waals surface area contributed by atoms with Gasteiger partial charge in [0.2, 0.25) is 5.88 Å². The van der Waals surface area contributed by atoms with Crippen LogP contribution in [0.25, 0.3) is 5.78 Å². The molecule has 0 fully saturated rings. The summed E-state index contributed by atoms with van der Waals surface area (Å²) < 4.78 is 7.36. The highest BCUT2D eigenvalue weighted by atomic mass is 35.5. The summed E-state index contributed by atoms with van der Waals surface area (Å²) in [6.07, 6.45) is 2.50. The van der Waals surface area contributed by atoms with Gasteiger partial charge in [0.1, 0.15) is 11.5 Å². The van der Waals surface area contributed by atoms with Crippen LogP contribution in [0.15, 0.2) is 12.4 Å². The topological polar surface area (TPSA) is 52.3 Å². The number of hydrogen-bond donors (Lipinski definition) is 0. The first-order chi connectivity index (χ1) is 8.06. The fourth-order valence-corrected chi connectivity index (χ4v) is 1.93. The van der Waals surface area contributed by atoms with Crippen molar-refractivity contribution in [1.29, 1.82) is 0 Å². The molecule has 5 nitrogen and oxygen atoms in total. The van der Waals surface area contributed by atoms with E-state index in [1.807, 2.05) is 6.92 Å². The Morgan fingerprint density at radius 3 is 2.88 bits per heavy atom. The Hall–Kier alpha value is -1.36. The van der Waals surface area contributed by atoms with Crippen LogP contribution in [-0.2, 0) is 0 Å². The maximum Gasteiger partial charge on any atom is 0.256 e. The molecule has 17 heavy (non-hydrogen) atoms. The normalized spacial score (nSPS) is 13.2. The van der Waals surface area contributed by atoms with Crippen LogP contribution in [0.4, 0.5) is 0 Å². The Bertz CT molecular complexity index is 511. The van der Waals surface area contributed by atoms with Crippen LogP contribution < -0.4 is 4.74 Å². The van der Waals surface area contributed by atoms with E-state index in [0.717, 1.165) is 6.42 Å². The Labute approximate surface area is 105 Å². The van der Waals surface area contributed by atoms with E-state index in [1.54, 1.807) is 10.6 Å². The van der Waals surface area contributed by atoms with Gasteiger partial charge in [0.25, 0.3) is 5.78 Å². The molecule has 1 atom stereocenters. The number of halogens is 1. The van der Waals surface area contributed by atoms with Crippen LogP contribution in [0.2, 0.25) is 5.15 Å². The Kier molecular flexibility index (Phi) is 3.47. The largest absolute Gasteiger partial charge is 0.474 e. The molecule has 92 valence electrons. The quantitative estimate of drug-likeness (QED) is 0.787. The lowest BCUT2D eigenvalue weighted by Crippen LogP contribution is -2.16. The summed E-state index contributed by atoms with van der Waals surface area (Å²) >= 11 is 5.90. The van der Waals surface area contributed by atoms with Crippen molar-refractivity contribution >= 4 is 17.4 Å². The van der Waals surface area contributed by atoms with Crippen molar-refractivity contribution in [2.24, 2.45) is 5.92 Å². The van der Waals surface area contributed by atoms with Gasteiger partial charge >= 0.3 is 0 Å². The van der Waals surface area contributed by atoms with Crippen LogP contribution in [0, 0.1) is 5.92 Å². The molecule has 0 saturated carbocycles. The average Bonchev–Trinajstić information content (AvgIpc) is 2.63. The summed E-state index contributed by atoms with van der Waals surface area (Å²) in [6, 6.07) is 1.65. The predicted octanol–water partition coefficient (Wildman–Crippen LogP) is 2.59. The van der Waals surface area contributed by atoms with Gasteiger partial charge < -0.3 is 4.74 Å². The molecule has 0 aliphatic carbocycles. The van der Waals surface area contributed by atoms with Crippen molar-refractivity contribution in [2.75, 3.05) is 0 Å². The fourth-order valence-electron chi connectivity index (χ4n) is 1.76. The Morgan fingerprint density at radius 1 is 1.41 bits per heavy atom. The van der Waals surface area contributed by atoms with Crippen LogP contribution in [-0.4, -0.2) is 25.7 Å². The lowest BCUT2D eigenvalue weighted by Gasteiger charge is -2.16. The molecule has 2 aromatic rings. The minimum Gasteiger partial charge on any atom is -0.474 e. The number of nitrogens with zero attached hydrogens (tertiary/aromatic N) is 4. The number of fused-ring (bicyclic) bond motifs is 1. The second-order valence-electron chi connectivity index (χ2n) is 4.45. The van der Waals surface area contributed by atoms with Gasteiger partial charge in [0.15, 0.2) is 0 Å². The molecule has 2 aromatic heterocycles. The summed E-state index contributed by atoms with van der Waals surface area (Å²) in [4.78, 5) is 8.02. The minimum atomic E-state index is 0.0980. The summed E-state index contributed by atoms with van der Waals surface area (Å²) in [5.74, 6) is 1.60. The highest BCUT2D eigenvalue weighted by Crippen LogP contribution is 2.19. The molecular weight excluding hydrogens is 240 g/mol. The zero-order chi connectivity index (χ0) is 12.4. The third-order valence-electron chi connectivity index (χ3n) is 2.31. The van der Waals surface area contributed by atoms with Gasteiger partial charge in [-0.15, -0.1) is 0 Å². The zero-order valence-corrected chi connectivity index (χ0v) is 10.8. The monoisotopic (exact) mass is 254 g/mol. The molecule has 0 saturated heterocycles. The van der Waals surface area contributed by atoms with Crippen LogP contribution in [0.1, 0.15) is 27.2 Å². The number of aromatic nitrogens is 4. The first-order valence-electron chi connectivity index (χ1n) is 5.59. The summed E-state index contributed by atoms with van der Waals surface area (Å²) in [6.45, 7) is 6.34. The van der Waals surface area contributed by atoms with E-state index in [-0.39, 0.29) is 6.10 Å². The average molecular weight is 255 g/mol. The minimum absolute atomic E-state index is 0.0980. The second kappa shape index (κ2) is 4.87. The van der Waals surface area contributed by atoms with Crippen LogP contribution in [0.3, 0.4) is 0 Å². The number of ether oxygens (including phenoxy) is 1. The molecule has 0 aliphatic heterocycles. The molecule has 0 N–H and O–H groups in total. The molecule has 2 heterocycles. The SMILES string of the molecule is CC(C)CC(C)Oc1cc(Cl)nc2ncnn12. The maximum absolute atomic E-state index is 5.90. The van der Waals surface area contributed by atoms with E-state index < -0.39 is 0 Å². The van der Waals surface area contributed by atoms with E-state index >= 15 is 0 Å². The van der Waals surface area contributed by atoms with Crippen molar-refractivity contribution in [3.05, 3.63) is 17.5 Å².